The van der Waals surface area contributed by atoms with Gasteiger partial charge in [-0.15, -0.1) is 11.3 Å². The molecule has 1 aromatic rings. The number of rotatable bonds is 10. The fraction of sp³-hybridized carbons (Fsp3) is 0.600. The van der Waals surface area contributed by atoms with Crippen molar-refractivity contribution in [3.63, 3.8) is 0 Å². The maximum Gasteiger partial charge on any atom is 0.394 e. The Morgan fingerprint density at radius 2 is 2.00 bits per heavy atom. The molecule has 0 aromatic carbocycles. The zero-order valence-electron chi connectivity index (χ0n) is 13.9. The number of carboxylic acid groups (broad SMARTS) is 1. The second kappa shape index (κ2) is 9.75. The molecule has 1 rings (SSSR count). The quantitative estimate of drug-likeness (QED) is 0.540. The molecule has 136 valence electrons. The van der Waals surface area contributed by atoms with Gasteiger partial charge in [-0.3, -0.25) is 4.79 Å². The molecule has 0 aliphatic rings. The summed E-state index contributed by atoms with van der Waals surface area (Å²) in [6.07, 6.45) is 4.07. The summed E-state index contributed by atoms with van der Waals surface area (Å²) in [5.74, 6) is -2.37. The van der Waals surface area contributed by atoms with E-state index in [2.05, 4.69) is 17.0 Å². The molecule has 0 fully saturated rings. The van der Waals surface area contributed by atoms with E-state index in [4.69, 9.17) is 5.11 Å². The predicted octanol–water partition coefficient (Wildman–Crippen LogP) is 1.94. The maximum absolute atomic E-state index is 12.3. The fourth-order valence-corrected chi connectivity index (χ4v) is 4.54. The highest BCUT2D eigenvalue weighted by Crippen LogP contribution is 2.22. The Balaban J connectivity index is 2.61. The van der Waals surface area contributed by atoms with Crippen LogP contribution in [0.25, 0.3) is 0 Å². The number of carbonyl (C=O) groups excluding carboxylic acids is 1. The minimum atomic E-state index is -3.59. The monoisotopic (exact) mass is 376 g/mol. The molecule has 1 atom stereocenters. The average Bonchev–Trinajstić information content (AvgIpc) is 3.02. The molecule has 0 bridgehead atoms. The number of thiophene rings is 1. The van der Waals surface area contributed by atoms with Gasteiger partial charge in [-0.1, -0.05) is 33.1 Å². The lowest BCUT2D eigenvalue weighted by atomic mass is 10.00. The molecule has 0 aliphatic carbocycles. The number of hydrogen-bond acceptors (Lipinski definition) is 5. The van der Waals surface area contributed by atoms with Crippen LogP contribution < -0.4 is 10.0 Å². The second-order valence-electron chi connectivity index (χ2n) is 5.48. The molecule has 0 saturated carbocycles. The molecule has 1 heterocycles. The summed E-state index contributed by atoms with van der Waals surface area (Å²) in [4.78, 5) is 22.0. The number of unbranched alkanes of at least 4 members (excludes halogenated alkanes) is 1. The van der Waals surface area contributed by atoms with Crippen molar-refractivity contribution in [2.75, 3.05) is 6.54 Å². The zero-order chi connectivity index (χ0) is 18.2. The first-order valence-corrected chi connectivity index (χ1v) is 10.2. The molecular weight excluding hydrogens is 352 g/mol. The lowest BCUT2D eigenvalue weighted by molar-refractivity contribution is -0.150. The largest absolute Gasteiger partial charge is 0.474 e. The minimum absolute atomic E-state index is 0.0145. The average molecular weight is 377 g/mol. The van der Waals surface area contributed by atoms with Crippen molar-refractivity contribution in [3.8, 4) is 0 Å². The highest BCUT2D eigenvalue weighted by molar-refractivity contribution is 7.91. The molecule has 9 heteroatoms. The van der Waals surface area contributed by atoms with E-state index in [1.165, 1.54) is 6.07 Å². The molecule has 0 aliphatic heterocycles. The Morgan fingerprint density at radius 3 is 2.58 bits per heavy atom. The summed E-state index contributed by atoms with van der Waals surface area (Å²) in [7, 11) is -3.59. The summed E-state index contributed by atoms with van der Waals surface area (Å²) in [6.45, 7) is 4.54. The first-order chi connectivity index (χ1) is 11.3. The van der Waals surface area contributed by atoms with Crippen molar-refractivity contribution >= 4 is 33.2 Å². The smallest absolute Gasteiger partial charge is 0.394 e. The van der Waals surface area contributed by atoms with Gasteiger partial charge in [0.15, 0.2) is 0 Å². The Bertz CT molecular complexity index is 655. The van der Waals surface area contributed by atoms with E-state index in [0.29, 0.717) is 17.3 Å². The van der Waals surface area contributed by atoms with Gasteiger partial charge >= 0.3 is 11.9 Å². The van der Waals surface area contributed by atoms with Gasteiger partial charge in [0.2, 0.25) is 10.0 Å². The zero-order valence-corrected chi connectivity index (χ0v) is 15.5. The van der Waals surface area contributed by atoms with Gasteiger partial charge in [-0.05, 0) is 24.5 Å². The SMILES string of the molecule is CCCCC(CC)CNS(=O)(=O)c1ccc(CNC(=O)C(=O)O)s1. The third-order valence-corrected chi connectivity index (χ3v) is 6.63. The molecule has 7 nitrogen and oxygen atoms in total. The van der Waals surface area contributed by atoms with E-state index in [9.17, 15) is 18.0 Å². The van der Waals surface area contributed by atoms with E-state index in [-0.39, 0.29) is 10.8 Å². The topological polar surface area (TPSA) is 113 Å². The molecule has 3 N–H and O–H groups in total. The lowest BCUT2D eigenvalue weighted by Crippen LogP contribution is -2.29. The number of hydrogen-bond donors (Lipinski definition) is 3. The van der Waals surface area contributed by atoms with Crippen LogP contribution in [0.2, 0.25) is 0 Å². The Labute approximate surface area is 146 Å². The van der Waals surface area contributed by atoms with Gasteiger partial charge in [-0.25, -0.2) is 17.9 Å². The van der Waals surface area contributed by atoms with Crippen LogP contribution in [0.3, 0.4) is 0 Å². The summed E-state index contributed by atoms with van der Waals surface area (Å²) < 4.78 is 27.4. The van der Waals surface area contributed by atoms with E-state index in [0.717, 1.165) is 37.0 Å². The number of carbonyl (C=O) groups is 2. The van der Waals surface area contributed by atoms with E-state index in [1.54, 1.807) is 6.07 Å². The van der Waals surface area contributed by atoms with Gasteiger partial charge in [0.25, 0.3) is 0 Å². The predicted molar refractivity (Wildman–Crippen MR) is 92.3 cm³/mol. The maximum atomic E-state index is 12.3. The Kier molecular flexibility index (Phi) is 8.37. The van der Waals surface area contributed by atoms with Crippen LogP contribution in [-0.2, 0) is 26.2 Å². The number of amides is 1. The van der Waals surface area contributed by atoms with Gasteiger partial charge < -0.3 is 10.4 Å². The Hall–Kier alpha value is -1.45. The molecule has 1 aromatic heterocycles. The summed E-state index contributed by atoms with van der Waals surface area (Å²) >= 11 is 1.01. The van der Waals surface area contributed by atoms with Crippen LogP contribution in [0.15, 0.2) is 16.3 Å². The van der Waals surface area contributed by atoms with E-state index in [1.807, 2.05) is 6.92 Å². The third kappa shape index (κ3) is 6.58. The summed E-state index contributed by atoms with van der Waals surface area (Å²) in [6, 6.07) is 3.03. The van der Waals surface area contributed by atoms with Gasteiger partial charge in [0.1, 0.15) is 4.21 Å². The lowest BCUT2D eigenvalue weighted by Gasteiger charge is -2.14. The number of sulfonamides is 1. The highest BCUT2D eigenvalue weighted by atomic mass is 32.2. The Morgan fingerprint density at radius 1 is 1.29 bits per heavy atom. The first-order valence-electron chi connectivity index (χ1n) is 7.89. The molecule has 1 unspecified atom stereocenters. The molecule has 24 heavy (non-hydrogen) atoms. The van der Waals surface area contributed by atoms with Crippen LogP contribution in [0.5, 0.6) is 0 Å². The van der Waals surface area contributed by atoms with Gasteiger partial charge in [0, 0.05) is 11.4 Å². The molecule has 0 saturated heterocycles. The molecule has 1 amide bonds. The van der Waals surface area contributed by atoms with E-state index >= 15 is 0 Å². The highest BCUT2D eigenvalue weighted by Gasteiger charge is 2.19. The van der Waals surface area contributed by atoms with Gasteiger partial charge in [0.05, 0.1) is 6.54 Å². The molecule has 0 radical (unpaired) electrons. The fourth-order valence-electron chi connectivity index (χ4n) is 2.08. The number of aliphatic carboxylic acids is 1. The van der Waals surface area contributed by atoms with Crippen molar-refractivity contribution in [3.05, 3.63) is 17.0 Å². The van der Waals surface area contributed by atoms with Crippen LogP contribution in [0.4, 0.5) is 0 Å². The number of carboxylic acids is 1. The normalized spacial score (nSPS) is 12.8. The molecule has 0 spiro atoms. The summed E-state index contributed by atoms with van der Waals surface area (Å²) in [5, 5.41) is 10.7. The number of nitrogens with one attached hydrogen (secondary N) is 2. The van der Waals surface area contributed by atoms with Crippen molar-refractivity contribution in [1.29, 1.82) is 0 Å². The van der Waals surface area contributed by atoms with Crippen LogP contribution in [0, 0.1) is 5.92 Å². The summed E-state index contributed by atoms with van der Waals surface area (Å²) in [5.41, 5.74) is 0. The second-order valence-corrected chi connectivity index (χ2v) is 8.64. The minimum Gasteiger partial charge on any atom is -0.474 e. The third-order valence-electron chi connectivity index (χ3n) is 3.62. The van der Waals surface area contributed by atoms with Crippen LogP contribution >= 0.6 is 11.3 Å². The van der Waals surface area contributed by atoms with Crippen molar-refractivity contribution in [2.45, 2.75) is 50.3 Å². The van der Waals surface area contributed by atoms with Crippen LogP contribution in [0.1, 0.15) is 44.4 Å². The van der Waals surface area contributed by atoms with Gasteiger partial charge in [-0.2, -0.15) is 0 Å². The van der Waals surface area contributed by atoms with Crippen molar-refractivity contribution in [1.82, 2.24) is 10.0 Å². The van der Waals surface area contributed by atoms with Crippen molar-refractivity contribution in [2.24, 2.45) is 5.92 Å². The van der Waals surface area contributed by atoms with E-state index < -0.39 is 21.9 Å². The standard InChI is InChI=1S/C15H24N2O5S2/c1-3-5-6-11(4-2)9-17-24(21,22)13-8-7-12(23-13)10-16-14(18)15(19)20/h7-8,11,17H,3-6,9-10H2,1-2H3,(H,16,18)(H,19,20). The van der Waals surface area contributed by atoms with Crippen LogP contribution in [-0.4, -0.2) is 31.9 Å². The molecular formula is C15H24N2O5S2. The first kappa shape index (κ1) is 20.6. The van der Waals surface area contributed by atoms with Crippen molar-refractivity contribution < 1.29 is 23.1 Å².